The Balaban J connectivity index is 2.35. The topological polar surface area (TPSA) is 27.1 Å². The summed E-state index contributed by atoms with van der Waals surface area (Å²) < 4.78 is 2.84. The van der Waals surface area contributed by atoms with Crippen LogP contribution in [0.1, 0.15) is 0 Å². The van der Waals surface area contributed by atoms with Gasteiger partial charge in [-0.1, -0.05) is 36.4 Å². The Hall–Kier alpha value is -2.07. The van der Waals surface area contributed by atoms with Crippen molar-refractivity contribution in [2.24, 2.45) is 0 Å². The third kappa shape index (κ3) is 1.42. The third-order valence-corrected chi connectivity index (χ3v) is 4.37. The van der Waals surface area contributed by atoms with E-state index in [9.17, 15) is 0 Å². The molecule has 98 valence electrons. The molecule has 4 rings (SSSR count). The van der Waals surface area contributed by atoms with E-state index in [0.29, 0.717) is 0 Å². The Labute approximate surface area is 123 Å². The number of fused-ring (bicyclic) bond motifs is 4. The summed E-state index contributed by atoms with van der Waals surface area (Å²) in [6.07, 6.45) is 0. The number of benzene rings is 2. The lowest BCUT2D eigenvalue weighted by Crippen LogP contribution is -2.05. The Morgan fingerprint density at radius 3 is 2.50 bits per heavy atom. The number of aromatic nitrogens is 2. The fraction of sp³-hybridized carbons (Fsp3) is 0.0625. The molecular weight excluding hydrogens is 316 g/mol. The number of nitrogens with zero attached hydrogens (tertiary/aromatic N) is 2. The summed E-state index contributed by atoms with van der Waals surface area (Å²) in [6, 6.07) is 16.2. The minimum Gasteiger partial charge on any atom is -0.416 e. The lowest BCUT2D eigenvalue weighted by atomic mass is 10.2. The summed E-state index contributed by atoms with van der Waals surface area (Å²) in [7, 11) is 1.67. The highest BCUT2D eigenvalue weighted by molar-refractivity contribution is 9.10. The summed E-state index contributed by atoms with van der Waals surface area (Å²) in [5.74, 6) is 0. The minimum atomic E-state index is 0.952. The van der Waals surface area contributed by atoms with E-state index in [-0.39, 0.29) is 0 Å². The van der Waals surface area contributed by atoms with Gasteiger partial charge < -0.3 is 4.84 Å². The zero-order valence-electron chi connectivity index (χ0n) is 10.8. The van der Waals surface area contributed by atoms with Crippen LogP contribution in [0.5, 0.6) is 0 Å². The molecule has 2 aromatic heterocycles. The maximum absolute atomic E-state index is 5.56. The number of para-hydroxylation sites is 2. The van der Waals surface area contributed by atoms with Crippen molar-refractivity contribution < 1.29 is 4.84 Å². The molecule has 20 heavy (non-hydrogen) atoms. The molecule has 0 aliphatic carbocycles. The van der Waals surface area contributed by atoms with E-state index in [2.05, 4.69) is 28.1 Å². The summed E-state index contributed by atoms with van der Waals surface area (Å²) >= 11 is 3.71. The SMILES string of the molecule is COn1c2ccccc2c2nc3ccccc3c(Br)c21. The number of hydrogen-bond acceptors (Lipinski definition) is 2. The molecule has 0 saturated carbocycles. The zero-order chi connectivity index (χ0) is 13.7. The first kappa shape index (κ1) is 11.7. The molecule has 0 amide bonds. The smallest absolute Gasteiger partial charge is 0.121 e. The van der Waals surface area contributed by atoms with Crippen LogP contribution in [0.15, 0.2) is 53.0 Å². The van der Waals surface area contributed by atoms with Crippen LogP contribution in [0, 0.1) is 0 Å². The first-order valence-corrected chi connectivity index (χ1v) is 7.12. The molecule has 0 aliphatic heterocycles. The number of rotatable bonds is 1. The van der Waals surface area contributed by atoms with E-state index in [1.54, 1.807) is 7.11 Å². The van der Waals surface area contributed by atoms with Gasteiger partial charge in [0.15, 0.2) is 0 Å². The molecule has 0 spiro atoms. The monoisotopic (exact) mass is 326 g/mol. The van der Waals surface area contributed by atoms with E-state index in [1.165, 1.54) is 0 Å². The number of hydrogen-bond donors (Lipinski definition) is 0. The van der Waals surface area contributed by atoms with Crippen molar-refractivity contribution >= 4 is 48.8 Å². The predicted octanol–water partition coefficient (Wildman–Crippen LogP) is 4.16. The van der Waals surface area contributed by atoms with Crippen molar-refractivity contribution in [1.29, 1.82) is 0 Å². The van der Waals surface area contributed by atoms with Crippen molar-refractivity contribution in [1.82, 2.24) is 9.71 Å². The van der Waals surface area contributed by atoms with Gasteiger partial charge in [0.25, 0.3) is 0 Å². The summed E-state index contributed by atoms with van der Waals surface area (Å²) in [5, 5.41) is 2.18. The summed E-state index contributed by atoms with van der Waals surface area (Å²) in [4.78, 5) is 10.4. The molecule has 4 heteroatoms. The molecule has 2 aromatic carbocycles. The molecule has 0 atom stereocenters. The third-order valence-electron chi connectivity index (χ3n) is 3.57. The molecule has 0 fully saturated rings. The van der Waals surface area contributed by atoms with Crippen molar-refractivity contribution in [2.75, 3.05) is 7.11 Å². The first-order valence-electron chi connectivity index (χ1n) is 6.33. The Morgan fingerprint density at radius 1 is 1.00 bits per heavy atom. The molecule has 0 N–H and O–H groups in total. The van der Waals surface area contributed by atoms with Gasteiger partial charge >= 0.3 is 0 Å². The van der Waals surface area contributed by atoms with Crippen LogP contribution >= 0.6 is 15.9 Å². The van der Waals surface area contributed by atoms with Crippen LogP contribution < -0.4 is 4.84 Å². The van der Waals surface area contributed by atoms with Crippen LogP contribution in [-0.4, -0.2) is 16.8 Å². The molecule has 0 aliphatic rings. The zero-order valence-corrected chi connectivity index (χ0v) is 12.4. The van der Waals surface area contributed by atoms with Crippen LogP contribution in [0.2, 0.25) is 0 Å². The number of halogens is 1. The van der Waals surface area contributed by atoms with Gasteiger partial charge in [0.05, 0.1) is 15.5 Å². The highest BCUT2D eigenvalue weighted by atomic mass is 79.9. The minimum absolute atomic E-state index is 0.952. The van der Waals surface area contributed by atoms with Crippen LogP contribution in [-0.2, 0) is 0 Å². The van der Waals surface area contributed by atoms with E-state index < -0.39 is 0 Å². The first-order chi connectivity index (χ1) is 9.81. The fourth-order valence-electron chi connectivity index (χ4n) is 2.70. The Morgan fingerprint density at radius 2 is 1.70 bits per heavy atom. The highest BCUT2D eigenvalue weighted by Crippen LogP contribution is 2.35. The van der Waals surface area contributed by atoms with E-state index in [1.807, 2.05) is 41.1 Å². The molecule has 0 bridgehead atoms. The molecule has 0 radical (unpaired) electrons. The van der Waals surface area contributed by atoms with Crippen molar-refractivity contribution in [2.45, 2.75) is 0 Å². The van der Waals surface area contributed by atoms with Gasteiger partial charge in [-0.15, -0.1) is 0 Å². The van der Waals surface area contributed by atoms with Gasteiger partial charge in [-0.2, -0.15) is 4.73 Å². The quantitative estimate of drug-likeness (QED) is 0.525. The molecule has 4 aromatic rings. The second-order valence-corrected chi connectivity index (χ2v) is 5.43. The van der Waals surface area contributed by atoms with Crippen LogP contribution in [0.4, 0.5) is 0 Å². The van der Waals surface area contributed by atoms with Gasteiger partial charge in [-0.3, -0.25) is 0 Å². The van der Waals surface area contributed by atoms with Gasteiger partial charge in [0.2, 0.25) is 0 Å². The van der Waals surface area contributed by atoms with E-state index >= 15 is 0 Å². The molecule has 0 saturated heterocycles. The Bertz CT molecular complexity index is 959. The molecular formula is C16H11BrN2O. The fourth-order valence-corrected chi connectivity index (χ4v) is 3.38. The van der Waals surface area contributed by atoms with Gasteiger partial charge in [0, 0.05) is 10.8 Å². The van der Waals surface area contributed by atoms with Crippen LogP contribution in [0.25, 0.3) is 32.8 Å². The van der Waals surface area contributed by atoms with Gasteiger partial charge in [0.1, 0.15) is 18.1 Å². The second-order valence-electron chi connectivity index (χ2n) is 4.63. The van der Waals surface area contributed by atoms with Crippen molar-refractivity contribution in [3.8, 4) is 0 Å². The molecule has 3 nitrogen and oxygen atoms in total. The lowest BCUT2D eigenvalue weighted by molar-refractivity contribution is 0.190. The largest absolute Gasteiger partial charge is 0.416 e. The van der Waals surface area contributed by atoms with E-state index in [4.69, 9.17) is 9.82 Å². The highest BCUT2D eigenvalue weighted by Gasteiger charge is 2.17. The predicted molar refractivity (Wildman–Crippen MR) is 84.9 cm³/mol. The maximum Gasteiger partial charge on any atom is 0.121 e. The normalized spacial score (nSPS) is 11.5. The van der Waals surface area contributed by atoms with Gasteiger partial charge in [-0.25, -0.2) is 4.98 Å². The van der Waals surface area contributed by atoms with E-state index in [0.717, 1.165) is 37.3 Å². The maximum atomic E-state index is 5.56. The lowest BCUT2D eigenvalue weighted by Gasteiger charge is -2.07. The van der Waals surface area contributed by atoms with Crippen LogP contribution in [0.3, 0.4) is 0 Å². The number of pyridine rings is 1. The van der Waals surface area contributed by atoms with Crippen molar-refractivity contribution in [3.63, 3.8) is 0 Å². The average molecular weight is 327 g/mol. The standard InChI is InChI=1S/C16H11BrN2O/c1-20-19-13-9-5-3-7-11(13)15-16(19)14(17)10-6-2-4-8-12(10)18-15/h2-9H,1H3. The summed E-state index contributed by atoms with van der Waals surface area (Å²) in [6.45, 7) is 0. The van der Waals surface area contributed by atoms with Gasteiger partial charge in [-0.05, 0) is 28.1 Å². The molecule has 2 heterocycles. The van der Waals surface area contributed by atoms with Crippen molar-refractivity contribution in [3.05, 3.63) is 53.0 Å². The Kier molecular flexibility index (Phi) is 2.47. The molecule has 0 unspecified atom stereocenters. The summed E-state index contributed by atoms with van der Waals surface area (Å²) in [5.41, 5.74) is 3.92. The second kappa shape index (κ2) is 4.21. The average Bonchev–Trinajstić information content (AvgIpc) is 2.82.